The molecule has 2 aromatic rings. The maximum Gasteiger partial charge on any atom is 0.255 e. The van der Waals surface area contributed by atoms with E-state index in [0.717, 1.165) is 36.8 Å². The number of carbonyl (C=O) groups is 2. The first kappa shape index (κ1) is 15.8. The highest BCUT2D eigenvalue weighted by Gasteiger charge is 2.32. The molecule has 0 bridgehead atoms. The summed E-state index contributed by atoms with van der Waals surface area (Å²) in [6, 6.07) is 9.62. The van der Waals surface area contributed by atoms with Gasteiger partial charge in [-0.1, -0.05) is 31.0 Å². The van der Waals surface area contributed by atoms with Crippen LogP contribution in [0.15, 0.2) is 42.7 Å². The van der Waals surface area contributed by atoms with Crippen molar-refractivity contribution in [3.05, 3.63) is 65.0 Å². The molecule has 1 aliphatic heterocycles. The third-order valence-corrected chi connectivity index (χ3v) is 5.04. The van der Waals surface area contributed by atoms with E-state index in [-0.39, 0.29) is 17.9 Å². The molecule has 0 unspecified atom stereocenters. The van der Waals surface area contributed by atoms with E-state index >= 15 is 0 Å². The lowest BCUT2D eigenvalue weighted by Gasteiger charge is -2.16. The van der Waals surface area contributed by atoms with Crippen LogP contribution in [0.3, 0.4) is 0 Å². The molecule has 1 N–H and O–H groups in total. The molecular formula is C20H21N3O2. The minimum absolute atomic E-state index is 0.0731. The zero-order valence-electron chi connectivity index (χ0n) is 14.1. The van der Waals surface area contributed by atoms with E-state index in [0.29, 0.717) is 24.2 Å². The molecule has 1 saturated carbocycles. The average molecular weight is 335 g/mol. The van der Waals surface area contributed by atoms with E-state index in [1.165, 1.54) is 0 Å². The quantitative estimate of drug-likeness (QED) is 0.934. The molecular weight excluding hydrogens is 314 g/mol. The van der Waals surface area contributed by atoms with Crippen LogP contribution in [-0.4, -0.2) is 27.7 Å². The van der Waals surface area contributed by atoms with Gasteiger partial charge in [-0.15, -0.1) is 0 Å². The average Bonchev–Trinajstić information content (AvgIpc) is 3.24. The Hall–Kier alpha value is -2.69. The van der Waals surface area contributed by atoms with Crippen LogP contribution in [-0.2, 0) is 13.1 Å². The highest BCUT2D eigenvalue weighted by molar-refractivity contribution is 6.09. The van der Waals surface area contributed by atoms with E-state index in [1.54, 1.807) is 23.4 Å². The third-order valence-electron chi connectivity index (χ3n) is 5.04. The second kappa shape index (κ2) is 6.67. The summed E-state index contributed by atoms with van der Waals surface area (Å²) in [4.78, 5) is 31.4. The number of pyridine rings is 1. The van der Waals surface area contributed by atoms with Crippen LogP contribution in [0, 0.1) is 0 Å². The lowest BCUT2D eigenvalue weighted by molar-refractivity contribution is 0.0760. The number of hydrogen-bond acceptors (Lipinski definition) is 3. The zero-order valence-corrected chi connectivity index (χ0v) is 14.1. The molecule has 2 heterocycles. The van der Waals surface area contributed by atoms with Gasteiger partial charge in [0.2, 0.25) is 0 Å². The van der Waals surface area contributed by atoms with E-state index in [9.17, 15) is 9.59 Å². The number of aromatic nitrogens is 1. The number of nitrogens with one attached hydrogen (secondary N) is 1. The summed E-state index contributed by atoms with van der Waals surface area (Å²) in [5.74, 6) is -0.198. The van der Waals surface area contributed by atoms with Crippen molar-refractivity contribution in [3.8, 4) is 0 Å². The standard InChI is InChI=1S/C20H21N3O2/c24-19(22-16-7-1-2-8-16)17-9-3-6-15-13-23(20(25)18(15)17)12-14-5-4-10-21-11-14/h3-6,9-11,16H,1-2,7-8,12-13H2,(H,22,24). The highest BCUT2D eigenvalue weighted by atomic mass is 16.2. The van der Waals surface area contributed by atoms with Gasteiger partial charge in [-0.3, -0.25) is 14.6 Å². The first-order valence-electron chi connectivity index (χ1n) is 8.83. The van der Waals surface area contributed by atoms with Crippen LogP contribution in [0.1, 0.15) is 57.5 Å². The molecule has 25 heavy (non-hydrogen) atoms. The predicted molar refractivity (Wildman–Crippen MR) is 94.0 cm³/mol. The molecule has 2 aliphatic rings. The van der Waals surface area contributed by atoms with Gasteiger partial charge in [-0.25, -0.2) is 0 Å². The first-order valence-corrected chi connectivity index (χ1v) is 8.83. The van der Waals surface area contributed by atoms with Crippen LogP contribution in [0.4, 0.5) is 0 Å². The number of fused-ring (bicyclic) bond motifs is 1. The molecule has 0 saturated heterocycles. The molecule has 5 nitrogen and oxygen atoms in total. The molecule has 0 spiro atoms. The summed E-state index contributed by atoms with van der Waals surface area (Å²) in [5.41, 5.74) is 2.97. The summed E-state index contributed by atoms with van der Waals surface area (Å²) < 4.78 is 0. The molecule has 0 radical (unpaired) electrons. The van der Waals surface area contributed by atoms with Gasteiger partial charge in [0.15, 0.2) is 0 Å². The summed E-state index contributed by atoms with van der Waals surface area (Å²) in [7, 11) is 0. The van der Waals surface area contributed by atoms with E-state index in [4.69, 9.17) is 0 Å². The maximum absolute atomic E-state index is 12.9. The summed E-state index contributed by atoms with van der Waals surface area (Å²) in [6.45, 7) is 1.04. The van der Waals surface area contributed by atoms with Gasteiger partial charge in [-0.05, 0) is 36.1 Å². The summed E-state index contributed by atoms with van der Waals surface area (Å²) in [6.07, 6.45) is 7.87. The maximum atomic E-state index is 12.9. The van der Waals surface area contributed by atoms with Gasteiger partial charge >= 0.3 is 0 Å². The van der Waals surface area contributed by atoms with Gasteiger partial charge in [-0.2, -0.15) is 0 Å². The molecule has 5 heteroatoms. The molecule has 1 aliphatic carbocycles. The van der Waals surface area contributed by atoms with E-state index < -0.39 is 0 Å². The number of benzene rings is 1. The Labute approximate surface area is 147 Å². The van der Waals surface area contributed by atoms with Crippen molar-refractivity contribution in [3.63, 3.8) is 0 Å². The van der Waals surface area contributed by atoms with Crippen molar-refractivity contribution < 1.29 is 9.59 Å². The number of amides is 2. The fourth-order valence-electron chi connectivity index (χ4n) is 3.78. The van der Waals surface area contributed by atoms with Gasteiger partial charge in [0, 0.05) is 31.5 Å². The SMILES string of the molecule is O=C(NC1CCCC1)c1cccc2c1C(=O)N(Cc1cccnc1)C2. The zero-order chi connectivity index (χ0) is 17.2. The molecule has 128 valence electrons. The number of rotatable bonds is 4. The Balaban J connectivity index is 1.55. The Kier molecular flexibility index (Phi) is 4.22. The van der Waals surface area contributed by atoms with Crippen molar-refractivity contribution >= 4 is 11.8 Å². The molecule has 1 fully saturated rings. The van der Waals surface area contributed by atoms with Gasteiger partial charge in [0.1, 0.15) is 0 Å². The number of carbonyl (C=O) groups excluding carboxylic acids is 2. The minimum Gasteiger partial charge on any atom is -0.349 e. The lowest BCUT2D eigenvalue weighted by Crippen LogP contribution is -2.34. The van der Waals surface area contributed by atoms with Crippen LogP contribution in [0.25, 0.3) is 0 Å². The van der Waals surface area contributed by atoms with E-state index in [1.807, 2.05) is 24.3 Å². The second-order valence-corrected chi connectivity index (χ2v) is 6.82. The molecule has 1 aromatic heterocycles. The summed E-state index contributed by atoms with van der Waals surface area (Å²) >= 11 is 0. The highest BCUT2D eigenvalue weighted by Crippen LogP contribution is 2.28. The van der Waals surface area contributed by atoms with Crippen LogP contribution < -0.4 is 5.32 Å². The van der Waals surface area contributed by atoms with Crippen molar-refractivity contribution in [1.29, 1.82) is 0 Å². The second-order valence-electron chi connectivity index (χ2n) is 6.82. The molecule has 4 rings (SSSR count). The summed E-state index contributed by atoms with van der Waals surface area (Å²) in [5, 5.41) is 3.09. The number of nitrogens with zero attached hydrogens (tertiary/aromatic N) is 2. The molecule has 1 aromatic carbocycles. The van der Waals surface area contributed by atoms with Crippen molar-refractivity contribution in [1.82, 2.24) is 15.2 Å². The Morgan fingerprint density at radius 2 is 2.04 bits per heavy atom. The topological polar surface area (TPSA) is 62.3 Å². The van der Waals surface area contributed by atoms with Gasteiger partial charge in [0.05, 0.1) is 11.1 Å². The largest absolute Gasteiger partial charge is 0.349 e. The normalized spacial score (nSPS) is 17.0. The monoisotopic (exact) mass is 335 g/mol. The smallest absolute Gasteiger partial charge is 0.255 e. The Morgan fingerprint density at radius 1 is 1.20 bits per heavy atom. The van der Waals surface area contributed by atoms with Crippen molar-refractivity contribution in [2.45, 2.75) is 44.8 Å². The molecule has 0 atom stereocenters. The fraction of sp³-hybridized carbons (Fsp3) is 0.350. The van der Waals surface area contributed by atoms with E-state index in [2.05, 4.69) is 10.3 Å². The fourth-order valence-corrected chi connectivity index (χ4v) is 3.78. The number of hydrogen-bond donors (Lipinski definition) is 1. The predicted octanol–water partition coefficient (Wildman–Crippen LogP) is 2.91. The van der Waals surface area contributed by atoms with Gasteiger partial charge in [0.25, 0.3) is 11.8 Å². The first-order chi connectivity index (χ1) is 12.2. The van der Waals surface area contributed by atoms with Crippen LogP contribution >= 0.6 is 0 Å². The van der Waals surface area contributed by atoms with Crippen LogP contribution in [0.5, 0.6) is 0 Å². The van der Waals surface area contributed by atoms with Gasteiger partial charge < -0.3 is 10.2 Å². The third kappa shape index (κ3) is 3.14. The Bertz CT molecular complexity index is 798. The van der Waals surface area contributed by atoms with Crippen LogP contribution in [0.2, 0.25) is 0 Å². The lowest BCUT2D eigenvalue weighted by atomic mass is 10.0. The molecule has 2 amide bonds. The van der Waals surface area contributed by atoms with Crippen molar-refractivity contribution in [2.24, 2.45) is 0 Å². The van der Waals surface area contributed by atoms with Crippen molar-refractivity contribution in [2.75, 3.05) is 0 Å². The Morgan fingerprint density at radius 3 is 2.80 bits per heavy atom. The minimum atomic E-state index is -0.125.